The molecule has 0 aliphatic carbocycles. The topological polar surface area (TPSA) is 117 Å². The second kappa shape index (κ2) is 5.88. The third-order valence-electron chi connectivity index (χ3n) is 3.40. The third-order valence-corrected chi connectivity index (χ3v) is 3.40. The van der Waals surface area contributed by atoms with Crippen LogP contribution in [-0.4, -0.2) is 43.8 Å². The molecule has 1 fully saturated rings. The summed E-state index contributed by atoms with van der Waals surface area (Å²) in [5.74, 6) is 0.141. The summed E-state index contributed by atoms with van der Waals surface area (Å²) in [5, 5.41) is 27.8. The fourth-order valence-electron chi connectivity index (χ4n) is 2.25. The van der Waals surface area contributed by atoms with E-state index in [0.717, 1.165) is 0 Å². The zero-order valence-corrected chi connectivity index (χ0v) is 11.4. The van der Waals surface area contributed by atoms with Crippen LogP contribution >= 0.6 is 0 Å². The lowest BCUT2D eigenvalue weighted by Crippen LogP contribution is -2.29. The van der Waals surface area contributed by atoms with E-state index in [1.54, 1.807) is 6.20 Å². The van der Waals surface area contributed by atoms with Crippen molar-refractivity contribution >= 4 is 5.82 Å². The molecular formula is C12H19N3O5. The molecule has 0 amide bonds. The number of aromatic nitrogens is 2. The summed E-state index contributed by atoms with van der Waals surface area (Å²) >= 11 is 0. The minimum atomic E-state index is -0.824. The highest BCUT2D eigenvalue weighted by molar-refractivity contribution is 5.42. The van der Waals surface area contributed by atoms with Gasteiger partial charge in [0.25, 0.3) is 0 Å². The quantitative estimate of drug-likeness (QED) is 0.566. The van der Waals surface area contributed by atoms with Crippen LogP contribution < -0.4 is 11.2 Å². The molecule has 1 aromatic rings. The van der Waals surface area contributed by atoms with E-state index in [9.17, 15) is 9.90 Å². The molecule has 0 aromatic carbocycles. The largest absolute Gasteiger partial charge is 0.394 e. The van der Waals surface area contributed by atoms with Crippen LogP contribution in [0, 0.1) is 0 Å². The normalized spacial score (nSPS) is 26.2. The first-order chi connectivity index (χ1) is 9.47. The van der Waals surface area contributed by atoms with E-state index in [4.69, 9.17) is 15.1 Å². The second-order valence-corrected chi connectivity index (χ2v) is 5.12. The minimum Gasteiger partial charge on any atom is -0.394 e. The average molecular weight is 285 g/mol. The molecule has 0 saturated carbocycles. The number of anilines is 1. The fraction of sp³-hybridized carbons (Fsp3) is 0.667. The fourth-order valence-corrected chi connectivity index (χ4v) is 2.25. The molecule has 8 nitrogen and oxygen atoms in total. The summed E-state index contributed by atoms with van der Waals surface area (Å²) in [6.07, 6.45) is -0.446. The van der Waals surface area contributed by atoms with Gasteiger partial charge in [0, 0.05) is 18.2 Å². The second-order valence-electron chi connectivity index (χ2n) is 5.12. The van der Waals surface area contributed by atoms with Gasteiger partial charge in [0.05, 0.1) is 12.7 Å². The van der Waals surface area contributed by atoms with Crippen LogP contribution in [0.2, 0.25) is 0 Å². The van der Waals surface area contributed by atoms with Crippen LogP contribution in [0.4, 0.5) is 5.82 Å². The number of aliphatic hydroxyl groups is 2. The summed E-state index contributed by atoms with van der Waals surface area (Å²) in [6.45, 7) is 3.48. The predicted octanol–water partition coefficient (Wildman–Crippen LogP) is -0.192. The van der Waals surface area contributed by atoms with Gasteiger partial charge in [0.15, 0.2) is 5.82 Å². The lowest BCUT2D eigenvalue weighted by atomic mass is 10.1. The van der Waals surface area contributed by atoms with E-state index in [-0.39, 0.29) is 24.8 Å². The Morgan fingerprint density at radius 2 is 2.30 bits per heavy atom. The number of aliphatic hydroxyl groups excluding tert-OH is 2. The van der Waals surface area contributed by atoms with Gasteiger partial charge in [0.2, 0.25) is 0 Å². The highest BCUT2D eigenvalue weighted by Gasteiger charge is 2.35. The van der Waals surface area contributed by atoms with Gasteiger partial charge in [0.1, 0.15) is 12.3 Å². The highest BCUT2D eigenvalue weighted by Crippen LogP contribution is 2.29. The maximum absolute atomic E-state index is 11.9. The zero-order valence-electron chi connectivity index (χ0n) is 11.4. The summed E-state index contributed by atoms with van der Waals surface area (Å²) in [7, 11) is 0. The Balaban J connectivity index is 2.38. The van der Waals surface area contributed by atoms with Crippen molar-refractivity contribution in [3.05, 3.63) is 22.2 Å². The van der Waals surface area contributed by atoms with Crippen LogP contribution in [0.1, 0.15) is 38.0 Å². The molecule has 112 valence electrons. The van der Waals surface area contributed by atoms with Crippen LogP contribution in [0.25, 0.3) is 0 Å². The van der Waals surface area contributed by atoms with Crippen molar-refractivity contribution in [1.82, 2.24) is 9.55 Å². The number of ether oxygens (including phenoxy) is 1. The molecule has 1 saturated heterocycles. The first-order valence-corrected chi connectivity index (χ1v) is 6.45. The van der Waals surface area contributed by atoms with Crippen molar-refractivity contribution in [1.29, 1.82) is 0 Å². The van der Waals surface area contributed by atoms with Crippen LogP contribution in [-0.2, 0) is 4.74 Å². The molecule has 1 aliphatic rings. The van der Waals surface area contributed by atoms with E-state index in [2.05, 4.69) is 4.98 Å². The number of rotatable bonds is 4. The van der Waals surface area contributed by atoms with Crippen molar-refractivity contribution in [3.8, 4) is 0 Å². The molecule has 1 aliphatic heterocycles. The molecule has 0 spiro atoms. The van der Waals surface area contributed by atoms with E-state index in [1.807, 2.05) is 19.3 Å². The molecule has 0 unspecified atom stereocenters. The van der Waals surface area contributed by atoms with Crippen LogP contribution in [0.5, 0.6) is 0 Å². The first-order valence-electron chi connectivity index (χ1n) is 6.45. The van der Waals surface area contributed by atoms with Gasteiger partial charge in [-0.05, 0) is 5.92 Å². The van der Waals surface area contributed by atoms with Crippen LogP contribution in [0.15, 0.2) is 11.0 Å². The Kier molecular flexibility index (Phi) is 4.39. The van der Waals surface area contributed by atoms with E-state index in [1.165, 1.54) is 4.57 Å². The Hall–Kier alpha value is -1.48. The molecule has 4 N–H and O–H groups in total. The molecule has 2 heterocycles. The molecule has 0 radical (unpaired) electrons. The standard InChI is InChI=1S/C12H19N3O5/c1-6(2)7-4-15(12(18)13-11(7)14-19)10-3-8(17)9(5-16)20-10/h4,6,8-10,16-17,19H,3,5H2,1-2H3,(H,13,14,18)/t8-,9+,10+/m0/s1. The van der Waals surface area contributed by atoms with Crippen molar-refractivity contribution in [2.45, 2.75) is 44.6 Å². The van der Waals surface area contributed by atoms with Crippen LogP contribution in [0.3, 0.4) is 0 Å². The minimum absolute atomic E-state index is 0.0314. The van der Waals surface area contributed by atoms with Gasteiger partial charge in [-0.3, -0.25) is 15.3 Å². The molecule has 1 aromatic heterocycles. The van der Waals surface area contributed by atoms with Crippen molar-refractivity contribution in [2.75, 3.05) is 12.1 Å². The zero-order chi connectivity index (χ0) is 14.9. The summed E-state index contributed by atoms with van der Waals surface area (Å²) < 4.78 is 6.71. The van der Waals surface area contributed by atoms with Gasteiger partial charge >= 0.3 is 5.69 Å². The maximum atomic E-state index is 11.9. The smallest absolute Gasteiger partial charge is 0.351 e. The van der Waals surface area contributed by atoms with Gasteiger partial charge in [-0.15, -0.1) is 0 Å². The van der Waals surface area contributed by atoms with Crippen molar-refractivity contribution in [3.63, 3.8) is 0 Å². The van der Waals surface area contributed by atoms with E-state index in [0.29, 0.717) is 5.56 Å². The molecule has 20 heavy (non-hydrogen) atoms. The lowest BCUT2D eigenvalue weighted by Gasteiger charge is -2.18. The predicted molar refractivity (Wildman–Crippen MR) is 69.6 cm³/mol. The summed E-state index contributed by atoms with van der Waals surface area (Å²) in [6, 6.07) is 0. The first kappa shape index (κ1) is 14.9. The lowest BCUT2D eigenvalue weighted by molar-refractivity contribution is -0.0459. The maximum Gasteiger partial charge on any atom is 0.351 e. The Labute approximate surface area is 115 Å². The van der Waals surface area contributed by atoms with Crippen molar-refractivity contribution < 1.29 is 20.2 Å². The third kappa shape index (κ3) is 2.68. The number of hydrogen-bond acceptors (Lipinski definition) is 7. The Morgan fingerprint density at radius 3 is 2.80 bits per heavy atom. The highest BCUT2D eigenvalue weighted by atomic mass is 16.5. The van der Waals surface area contributed by atoms with E-state index < -0.39 is 24.1 Å². The summed E-state index contributed by atoms with van der Waals surface area (Å²) in [5.41, 5.74) is 1.96. The average Bonchev–Trinajstić information content (AvgIpc) is 2.78. The monoisotopic (exact) mass is 285 g/mol. The Bertz CT molecular complexity index is 530. The number of nitrogens with one attached hydrogen (secondary N) is 1. The van der Waals surface area contributed by atoms with Gasteiger partial charge < -0.3 is 14.9 Å². The number of nitrogens with zero attached hydrogens (tertiary/aromatic N) is 2. The van der Waals surface area contributed by atoms with Gasteiger partial charge in [-0.25, -0.2) is 4.79 Å². The SMILES string of the molecule is CC(C)c1cn([C@H]2C[C@H](O)[C@@H](CO)O2)c(=O)nc1NO. The van der Waals surface area contributed by atoms with Crippen molar-refractivity contribution in [2.24, 2.45) is 0 Å². The summed E-state index contributed by atoms with van der Waals surface area (Å²) in [4.78, 5) is 15.7. The molecule has 0 bridgehead atoms. The number of hydrogen-bond donors (Lipinski definition) is 4. The molecule has 2 rings (SSSR count). The van der Waals surface area contributed by atoms with Gasteiger partial charge in [-0.1, -0.05) is 13.8 Å². The molecule has 8 heteroatoms. The molecular weight excluding hydrogens is 266 g/mol. The van der Waals surface area contributed by atoms with E-state index >= 15 is 0 Å². The molecule has 3 atom stereocenters. The Morgan fingerprint density at radius 1 is 1.60 bits per heavy atom. The van der Waals surface area contributed by atoms with Gasteiger partial charge in [-0.2, -0.15) is 4.98 Å².